The maximum atomic E-state index is 14.4. The molecule has 0 aromatic heterocycles. The molecule has 23 heavy (non-hydrogen) atoms. The van der Waals surface area contributed by atoms with Crippen LogP contribution in [-0.4, -0.2) is 11.7 Å². The number of hydrogen-bond donors (Lipinski definition) is 1. The van der Waals surface area contributed by atoms with Crippen molar-refractivity contribution in [2.24, 2.45) is 11.8 Å². The van der Waals surface area contributed by atoms with Crippen LogP contribution in [0.2, 0.25) is 0 Å². The molecule has 1 aromatic carbocycles. The Labute approximate surface area is 140 Å². The number of benzene rings is 1. The summed E-state index contributed by atoms with van der Waals surface area (Å²) in [6.07, 6.45) is 3.81. The number of ketones is 1. The van der Waals surface area contributed by atoms with Crippen molar-refractivity contribution in [3.63, 3.8) is 0 Å². The van der Waals surface area contributed by atoms with E-state index in [1.807, 2.05) is 13.8 Å². The van der Waals surface area contributed by atoms with E-state index in [1.165, 1.54) is 0 Å². The third kappa shape index (κ3) is 6.51. The highest BCUT2D eigenvalue weighted by Gasteiger charge is 2.13. The molecule has 0 bridgehead atoms. The first-order chi connectivity index (χ1) is 10.8. The SMILES string of the molecule is CC(C)C(=O)CCCCCc1cccc(NC(=O)C(C)C)c1F.[HH]. The number of hydrogen-bond acceptors (Lipinski definition) is 2. The van der Waals surface area contributed by atoms with Crippen LogP contribution >= 0.6 is 0 Å². The highest BCUT2D eigenvalue weighted by atomic mass is 19.1. The molecule has 130 valence electrons. The summed E-state index contributed by atoms with van der Waals surface area (Å²) in [7, 11) is 0. The molecule has 4 heteroatoms. The number of carbonyl (C=O) groups is 2. The average molecular weight is 323 g/mol. The zero-order valence-electron chi connectivity index (χ0n) is 14.6. The second kappa shape index (κ2) is 9.43. The van der Waals surface area contributed by atoms with E-state index in [4.69, 9.17) is 0 Å². The number of Topliss-reactive ketones (excluding diaryl/α,β-unsaturated/α-hetero) is 1. The van der Waals surface area contributed by atoms with Crippen molar-refractivity contribution in [3.8, 4) is 0 Å². The van der Waals surface area contributed by atoms with Crippen molar-refractivity contribution >= 4 is 17.4 Å². The number of carbonyl (C=O) groups excluding carboxylic acids is 2. The lowest BCUT2D eigenvalue weighted by Crippen LogP contribution is -2.18. The number of aryl methyl sites for hydroxylation is 1. The third-order valence-electron chi connectivity index (χ3n) is 3.87. The standard InChI is InChI=1S/C19H28FNO2.H2/c1-13(2)17(22)12-7-5-6-9-15-10-8-11-16(18(15)20)21-19(23)14(3)4;/h8,10-11,13-14H,5-7,9,12H2,1-4H3,(H,21,23);1H. The molecule has 0 spiro atoms. The molecule has 0 heterocycles. The number of rotatable bonds is 9. The molecule has 0 aliphatic carbocycles. The van der Waals surface area contributed by atoms with E-state index in [9.17, 15) is 14.0 Å². The summed E-state index contributed by atoms with van der Waals surface area (Å²) in [5, 5.41) is 2.62. The first kappa shape index (κ1) is 19.3. The van der Waals surface area contributed by atoms with E-state index in [2.05, 4.69) is 5.32 Å². The van der Waals surface area contributed by atoms with Gasteiger partial charge in [0.25, 0.3) is 0 Å². The fourth-order valence-corrected chi connectivity index (χ4v) is 2.23. The van der Waals surface area contributed by atoms with Crippen LogP contribution in [0, 0.1) is 17.7 Å². The molecule has 1 amide bonds. The van der Waals surface area contributed by atoms with Crippen molar-refractivity contribution in [2.75, 3.05) is 5.32 Å². The van der Waals surface area contributed by atoms with Crippen LogP contribution in [0.5, 0.6) is 0 Å². The molecule has 1 aromatic rings. The number of nitrogens with one attached hydrogen (secondary N) is 1. The van der Waals surface area contributed by atoms with Crippen LogP contribution in [0.1, 0.15) is 60.4 Å². The van der Waals surface area contributed by atoms with Gasteiger partial charge in [-0.25, -0.2) is 4.39 Å². The zero-order chi connectivity index (χ0) is 17.4. The second-order valence-electron chi connectivity index (χ2n) is 6.60. The van der Waals surface area contributed by atoms with Gasteiger partial charge >= 0.3 is 0 Å². The van der Waals surface area contributed by atoms with Gasteiger partial charge in [0.1, 0.15) is 11.6 Å². The van der Waals surface area contributed by atoms with Crippen molar-refractivity contribution in [1.82, 2.24) is 0 Å². The van der Waals surface area contributed by atoms with Crippen LogP contribution in [-0.2, 0) is 16.0 Å². The summed E-state index contributed by atoms with van der Waals surface area (Å²) in [5.74, 6) is -0.340. The molecule has 0 unspecified atom stereocenters. The normalized spacial score (nSPS) is 11.1. The smallest absolute Gasteiger partial charge is 0.227 e. The van der Waals surface area contributed by atoms with Gasteiger partial charge in [-0.1, -0.05) is 46.2 Å². The molecular formula is C19H30FNO2. The Morgan fingerprint density at radius 1 is 1.09 bits per heavy atom. The first-order valence-electron chi connectivity index (χ1n) is 8.44. The molecule has 0 saturated carbocycles. The maximum Gasteiger partial charge on any atom is 0.227 e. The monoisotopic (exact) mass is 323 g/mol. The quantitative estimate of drug-likeness (QED) is 0.650. The van der Waals surface area contributed by atoms with Crippen LogP contribution in [0.3, 0.4) is 0 Å². The Bertz CT molecular complexity index is 544. The second-order valence-corrected chi connectivity index (χ2v) is 6.60. The Kier molecular flexibility index (Phi) is 7.93. The van der Waals surface area contributed by atoms with E-state index >= 15 is 0 Å². The average Bonchev–Trinajstić information content (AvgIpc) is 2.49. The number of amides is 1. The lowest BCUT2D eigenvalue weighted by atomic mass is 10.0. The predicted molar refractivity (Wildman–Crippen MR) is 94.0 cm³/mol. The Morgan fingerprint density at radius 3 is 2.39 bits per heavy atom. The van der Waals surface area contributed by atoms with Gasteiger partial charge < -0.3 is 5.32 Å². The first-order valence-corrected chi connectivity index (χ1v) is 8.44. The summed E-state index contributed by atoms with van der Waals surface area (Å²) in [6.45, 7) is 7.37. The molecule has 1 rings (SSSR count). The van der Waals surface area contributed by atoms with E-state index in [-0.39, 0.29) is 36.5 Å². The largest absolute Gasteiger partial charge is 0.323 e. The molecule has 0 saturated heterocycles. The van der Waals surface area contributed by atoms with E-state index in [0.29, 0.717) is 18.4 Å². The fraction of sp³-hybridized carbons (Fsp3) is 0.579. The van der Waals surface area contributed by atoms with Crippen LogP contribution in [0.4, 0.5) is 10.1 Å². The summed E-state index contributed by atoms with van der Waals surface area (Å²) in [5.41, 5.74) is 0.859. The minimum Gasteiger partial charge on any atom is -0.323 e. The van der Waals surface area contributed by atoms with Crippen molar-refractivity contribution in [3.05, 3.63) is 29.6 Å². The van der Waals surface area contributed by atoms with Crippen molar-refractivity contribution in [2.45, 2.75) is 59.8 Å². The van der Waals surface area contributed by atoms with Gasteiger partial charge in [0.05, 0.1) is 5.69 Å². The van der Waals surface area contributed by atoms with Gasteiger partial charge in [-0.15, -0.1) is 0 Å². The molecule has 3 nitrogen and oxygen atoms in total. The molecular weight excluding hydrogens is 293 g/mol. The minimum absolute atomic E-state index is 0. The Hall–Kier alpha value is -1.71. The third-order valence-corrected chi connectivity index (χ3v) is 3.87. The minimum atomic E-state index is -0.347. The summed E-state index contributed by atoms with van der Waals surface area (Å²) in [6, 6.07) is 5.09. The van der Waals surface area contributed by atoms with Crippen LogP contribution in [0.15, 0.2) is 18.2 Å². The molecule has 0 atom stereocenters. The van der Waals surface area contributed by atoms with Crippen molar-refractivity contribution < 1.29 is 15.4 Å². The summed E-state index contributed by atoms with van der Waals surface area (Å²) in [4.78, 5) is 23.2. The topological polar surface area (TPSA) is 46.2 Å². The lowest BCUT2D eigenvalue weighted by Gasteiger charge is -2.11. The van der Waals surface area contributed by atoms with Crippen molar-refractivity contribution in [1.29, 1.82) is 0 Å². The number of unbranched alkanes of at least 4 members (excludes halogenated alkanes) is 2. The van der Waals surface area contributed by atoms with Crippen LogP contribution in [0.25, 0.3) is 0 Å². The van der Waals surface area contributed by atoms with Gasteiger partial charge in [0.15, 0.2) is 0 Å². The van der Waals surface area contributed by atoms with Gasteiger partial charge in [-0.05, 0) is 30.9 Å². The van der Waals surface area contributed by atoms with Crippen LogP contribution < -0.4 is 5.32 Å². The Morgan fingerprint density at radius 2 is 1.78 bits per heavy atom. The highest BCUT2D eigenvalue weighted by Crippen LogP contribution is 2.21. The lowest BCUT2D eigenvalue weighted by molar-refractivity contribution is -0.122. The zero-order valence-corrected chi connectivity index (χ0v) is 14.6. The molecule has 0 fully saturated rings. The maximum absolute atomic E-state index is 14.4. The van der Waals surface area contributed by atoms with Gasteiger partial charge in [-0.2, -0.15) is 0 Å². The Balaban J connectivity index is 0.00000529. The van der Waals surface area contributed by atoms with Gasteiger partial charge in [-0.3, -0.25) is 9.59 Å². The predicted octanol–water partition coefficient (Wildman–Crippen LogP) is 4.99. The fourth-order valence-electron chi connectivity index (χ4n) is 2.23. The molecule has 0 radical (unpaired) electrons. The van der Waals surface area contributed by atoms with Gasteiger partial charge in [0.2, 0.25) is 5.91 Å². The molecule has 0 aliphatic rings. The van der Waals surface area contributed by atoms with E-state index in [1.54, 1.807) is 32.0 Å². The number of anilines is 1. The highest BCUT2D eigenvalue weighted by molar-refractivity contribution is 5.92. The number of halogens is 1. The summed E-state index contributed by atoms with van der Waals surface area (Å²) < 4.78 is 14.4. The molecule has 1 N–H and O–H groups in total. The van der Waals surface area contributed by atoms with E-state index < -0.39 is 0 Å². The molecule has 0 aliphatic heterocycles. The van der Waals surface area contributed by atoms with Gasteiger partial charge in [0, 0.05) is 19.7 Å². The summed E-state index contributed by atoms with van der Waals surface area (Å²) >= 11 is 0. The van der Waals surface area contributed by atoms with E-state index in [0.717, 1.165) is 19.3 Å².